The summed E-state index contributed by atoms with van der Waals surface area (Å²) in [5.41, 5.74) is 0.146. The Bertz CT molecular complexity index is 353. The molecular formula is C6H7N2NaO3S. The Hall–Kier alpha value is -0.110. The minimum absolute atomic E-state index is 0. The van der Waals surface area contributed by atoms with Crippen LogP contribution in [0.5, 0.6) is 0 Å². The second-order valence-electron chi connectivity index (χ2n) is 2.09. The topological polar surface area (TPSA) is 86.5 Å². The fourth-order valence-electron chi connectivity index (χ4n) is 0.704. The Morgan fingerprint density at radius 2 is 1.69 bits per heavy atom. The van der Waals surface area contributed by atoms with E-state index in [4.69, 9.17) is 5.84 Å². The van der Waals surface area contributed by atoms with E-state index in [2.05, 4.69) is 0 Å². The molecule has 0 heterocycles. The average Bonchev–Trinajstić information content (AvgIpc) is 2.03. The van der Waals surface area contributed by atoms with Gasteiger partial charge in [-0.2, -0.15) is 0 Å². The first-order valence-electron chi connectivity index (χ1n) is 3.08. The van der Waals surface area contributed by atoms with Crippen molar-refractivity contribution < 1.29 is 42.5 Å². The van der Waals surface area contributed by atoms with E-state index in [1.54, 1.807) is 18.2 Å². The van der Waals surface area contributed by atoms with E-state index in [9.17, 15) is 13.0 Å². The van der Waals surface area contributed by atoms with Gasteiger partial charge >= 0.3 is 29.6 Å². The predicted octanol–water partition coefficient (Wildman–Crippen LogP) is -3.17. The molecule has 0 aromatic heterocycles. The van der Waals surface area contributed by atoms with Gasteiger partial charge in [-0.05, 0) is 12.1 Å². The van der Waals surface area contributed by atoms with Gasteiger partial charge in [-0.25, -0.2) is 18.7 Å². The number of nitrogens with zero attached hydrogens (tertiary/aromatic N) is 1. The molecule has 66 valence electrons. The Balaban J connectivity index is 0.00000144. The van der Waals surface area contributed by atoms with Crippen LogP contribution in [0.2, 0.25) is 0 Å². The number of para-hydroxylation sites is 1. The minimum Gasteiger partial charge on any atom is -0.730 e. The standard InChI is InChI=1S/C6H8N2O3S.Na/c7-8(12(9,10)11)6-4-2-1-3-5-6;/h1-5H,7H2,(H,9,10,11);/q;+1/p-1. The minimum atomic E-state index is -4.59. The van der Waals surface area contributed by atoms with Crippen LogP contribution >= 0.6 is 0 Å². The van der Waals surface area contributed by atoms with Crippen LogP contribution < -0.4 is 39.8 Å². The zero-order valence-corrected chi connectivity index (χ0v) is 9.86. The summed E-state index contributed by atoms with van der Waals surface area (Å²) in [5.74, 6) is 5.00. The first-order valence-corrected chi connectivity index (χ1v) is 4.44. The van der Waals surface area contributed by atoms with Gasteiger partial charge in [-0.3, -0.25) is 0 Å². The molecule has 0 bridgehead atoms. The summed E-state index contributed by atoms with van der Waals surface area (Å²) in [6.45, 7) is 0. The largest absolute Gasteiger partial charge is 1.00 e. The molecule has 0 spiro atoms. The molecule has 1 aromatic carbocycles. The van der Waals surface area contributed by atoms with Gasteiger partial charge in [0.25, 0.3) is 0 Å². The van der Waals surface area contributed by atoms with Gasteiger partial charge < -0.3 is 4.55 Å². The maximum absolute atomic E-state index is 10.4. The zero-order valence-electron chi connectivity index (χ0n) is 7.04. The number of hydrogen-bond acceptors (Lipinski definition) is 4. The van der Waals surface area contributed by atoms with Gasteiger partial charge in [0.1, 0.15) is 0 Å². The van der Waals surface area contributed by atoms with Crippen LogP contribution in [0.4, 0.5) is 5.69 Å². The molecule has 1 rings (SSSR count). The third-order valence-electron chi connectivity index (χ3n) is 1.25. The predicted molar refractivity (Wildman–Crippen MR) is 42.8 cm³/mol. The SMILES string of the molecule is NN(c1ccccc1)S(=O)(=O)[O-].[Na+]. The summed E-state index contributed by atoms with van der Waals surface area (Å²) >= 11 is 0. The van der Waals surface area contributed by atoms with Crippen LogP contribution in [-0.2, 0) is 10.3 Å². The summed E-state index contributed by atoms with van der Waals surface area (Å²) in [7, 11) is -4.59. The molecule has 0 aliphatic rings. The number of anilines is 1. The van der Waals surface area contributed by atoms with E-state index in [0.29, 0.717) is 0 Å². The molecule has 0 atom stereocenters. The van der Waals surface area contributed by atoms with Crippen molar-refractivity contribution in [1.29, 1.82) is 0 Å². The molecule has 0 aliphatic heterocycles. The van der Waals surface area contributed by atoms with Crippen LogP contribution in [0.1, 0.15) is 0 Å². The molecule has 0 saturated carbocycles. The van der Waals surface area contributed by atoms with Crippen molar-refractivity contribution >= 4 is 16.0 Å². The first-order chi connectivity index (χ1) is 5.52. The van der Waals surface area contributed by atoms with Crippen molar-refractivity contribution in [2.75, 3.05) is 4.41 Å². The maximum Gasteiger partial charge on any atom is 1.00 e. The third-order valence-corrected chi connectivity index (χ3v) is 1.94. The second-order valence-corrected chi connectivity index (χ2v) is 3.34. The van der Waals surface area contributed by atoms with Crippen LogP contribution in [-0.4, -0.2) is 13.0 Å². The van der Waals surface area contributed by atoms with Crippen LogP contribution in [0.25, 0.3) is 0 Å². The number of hydrazine groups is 1. The van der Waals surface area contributed by atoms with Gasteiger partial charge in [0, 0.05) is 0 Å². The monoisotopic (exact) mass is 210 g/mol. The molecule has 0 amide bonds. The second kappa shape index (κ2) is 4.94. The Morgan fingerprint density at radius 3 is 2.08 bits per heavy atom. The molecule has 0 unspecified atom stereocenters. The van der Waals surface area contributed by atoms with Gasteiger partial charge in [-0.15, -0.1) is 0 Å². The molecule has 0 radical (unpaired) electrons. The quantitative estimate of drug-likeness (QED) is 0.241. The smallest absolute Gasteiger partial charge is 0.730 e. The zero-order chi connectivity index (χ0) is 9.19. The molecule has 5 nitrogen and oxygen atoms in total. The number of benzene rings is 1. The van der Waals surface area contributed by atoms with Crippen LogP contribution in [0, 0.1) is 0 Å². The first kappa shape index (κ1) is 12.9. The number of rotatable bonds is 2. The van der Waals surface area contributed by atoms with Crippen molar-refractivity contribution in [2.24, 2.45) is 5.84 Å². The summed E-state index contributed by atoms with van der Waals surface area (Å²) in [6.07, 6.45) is 0. The van der Waals surface area contributed by atoms with Crippen molar-refractivity contribution in [3.63, 3.8) is 0 Å². The van der Waals surface area contributed by atoms with Crippen molar-refractivity contribution in [3.8, 4) is 0 Å². The summed E-state index contributed by atoms with van der Waals surface area (Å²) in [5, 5.41) is 0. The molecule has 0 aliphatic carbocycles. The van der Waals surface area contributed by atoms with E-state index in [1.165, 1.54) is 12.1 Å². The van der Waals surface area contributed by atoms with Crippen molar-refractivity contribution in [1.82, 2.24) is 0 Å². The molecular weight excluding hydrogens is 203 g/mol. The summed E-state index contributed by atoms with van der Waals surface area (Å²) < 4.78 is 31.3. The molecule has 13 heavy (non-hydrogen) atoms. The molecule has 7 heteroatoms. The Kier molecular flexibility index (Phi) is 4.90. The fourth-order valence-corrected chi connectivity index (χ4v) is 1.08. The van der Waals surface area contributed by atoms with Gasteiger partial charge in [-0.1, -0.05) is 18.2 Å². The number of hydrogen-bond donors (Lipinski definition) is 1. The van der Waals surface area contributed by atoms with Crippen molar-refractivity contribution in [2.45, 2.75) is 0 Å². The van der Waals surface area contributed by atoms with Crippen LogP contribution in [0.15, 0.2) is 30.3 Å². The summed E-state index contributed by atoms with van der Waals surface area (Å²) in [6, 6.07) is 7.71. The van der Waals surface area contributed by atoms with E-state index < -0.39 is 10.3 Å². The molecule has 1 aromatic rings. The van der Waals surface area contributed by atoms with E-state index in [1.807, 2.05) is 0 Å². The van der Waals surface area contributed by atoms with Crippen LogP contribution in [0.3, 0.4) is 0 Å². The van der Waals surface area contributed by atoms with E-state index in [-0.39, 0.29) is 39.7 Å². The molecule has 0 fully saturated rings. The summed E-state index contributed by atoms with van der Waals surface area (Å²) in [4.78, 5) is 0. The Morgan fingerprint density at radius 1 is 1.23 bits per heavy atom. The number of nitrogens with two attached hydrogens (primary N) is 1. The van der Waals surface area contributed by atoms with Gasteiger partial charge in [0.15, 0.2) is 10.3 Å². The van der Waals surface area contributed by atoms with Gasteiger partial charge in [0.2, 0.25) is 0 Å². The van der Waals surface area contributed by atoms with E-state index >= 15 is 0 Å². The Labute approximate surface area is 98.7 Å². The third kappa shape index (κ3) is 3.63. The molecule has 0 saturated heterocycles. The normalized spacial score (nSPS) is 10.3. The van der Waals surface area contributed by atoms with Gasteiger partial charge in [0.05, 0.1) is 5.69 Å². The maximum atomic E-state index is 10.4. The van der Waals surface area contributed by atoms with Crippen molar-refractivity contribution in [3.05, 3.63) is 30.3 Å². The fraction of sp³-hybridized carbons (Fsp3) is 0. The average molecular weight is 210 g/mol. The molecule has 2 N–H and O–H groups in total. The van der Waals surface area contributed by atoms with E-state index in [0.717, 1.165) is 0 Å².